The van der Waals surface area contributed by atoms with E-state index in [0.29, 0.717) is 26.4 Å². The Morgan fingerprint density at radius 1 is 0.889 bits per heavy atom. The smallest absolute Gasteiger partial charge is 0.0656 e. The van der Waals surface area contributed by atoms with Crippen molar-refractivity contribution in [1.29, 1.82) is 0 Å². The topological polar surface area (TPSA) is 38.0 Å². The van der Waals surface area contributed by atoms with Gasteiger partial charge in [0.25, 0.3) is 0 Å². The SMILES string of the molecule is Nc1ccc(Nc2cc(Cl)c(Cl)cc2Cl)c(Br)c1. The van der Waals surface area contributed by atoms with Gasteiger partial charge in [-0.15, -0.1) is 0 Å². The van der Waals surface area contributed by atoms with E-state index < -0.39 is 0 Å². The van der Waals surface area contributed by atoms with Gasteiger partial charge in [-0.3, -0.25) is 0 Å². The van der Waals surface area contributed by atoms with E-state index >= 15 is 0 Å². The average Bonchev–Trinajstić information content (AvgIpc) is 2.29. The molecule has 0 aromatic heterocycles. The van der Waals surface area contributed by atoms with Gasteiger partial charge in [-0.25, -0.2) is 0 Å². The molecule has 0 amide bonds. The van der Waals surface area contributed by atoms with E-state index in [2.05, 4.69) is 21.2 Å². The Kier molecular flexibility index (Phi) is 4.28. The summed E-state index contributed by atoms with van der Waals surface area (Å²) in [7, 11) is 0. The van der Waals surface area contributed by atoms with Gasteiger partial charge in [0.05, 0.1) is 26.4 Å². The zero-order chi connectivity index (χ0) is 13.3. The van der Waals surface area contributed by atoms with Gasteiger partial charge < -0.3 is 11.1 Å². The predicted octanol–water partition coefficient (Wildman–Crippen LogP) is 5.74. The maximum Gasteiger partial charge on any atom is 0.0656 e. The summed E-state index contributed by atoms with van der Waals surface area (Å²) in [5.74, 6) is 0. The van der Waals surface area contributed by atoms with E-state index in [1.807, 2.05) is 6.07 Å². The van der Waals surface area contributed by atoms with Crippen LogP contribution in [-0.4, -0.2) is 0 Å². The van der Waals surface area contributed by atoms with Crippen LogP contribution in [0.15, 0.2) is 34.8 Å². The summed E-state index contributed by atoms with van der Waals surface area (Å²) in [4.78, 5) is 0. The first-order valence-electron chi connectivity index (χ1n) is 4.94. The molecule has 0 aliphatic rings. The molecule has 0 unspecified atom stereocenters. The molecule has 0 aliphatic heterocycles. The minimum atomic E-state index is 0.420. The van der Waals surface area contributed by atoms with Crippen molar-refractivity contribution in [3.05, 3.63) is 49.9 Å². The molecule has 0 saturated heterocycles. The lowest BCUT2D eigenvalue weighted by molar-refractivity contribution is 1.52. The number of benzene rings is 2. The van der Waals surface area contributed by atoms with E-state index in [0.717, 1.165) is 10.2 Å². The van der Waals surface area contributed by atoms with Crippen LogP contribution in [0.3, 0.4) is 0 Å². The number of anilines is 3. The van der Waals surface area contributed by atoms with Crippen molar-refractivity contribution in [3.63, 3.8) is 0 Å². The molecule has 0 spiro atoms. The van der Waals surface area contributed by atoms with Crippen molar-refractivity contribution in [3.8, 4) is 0 Å². The Morgan fingerprint density at radius 2 is 1.56 bits per heavy atom. The van der Waals surface area contributed by atoms with Crippen molar-refractivity contribution in [2.75, 3.05) is 11.1 Å². The third-order valence-electron chi connectivity index (χ3n) is 2.27. The highest BCUT2D eigenvalue weighted by Crippen LogP contribution is 2.35. The first kappa shape index (κ1) is 13.8. The van der Waals surface area contributed by atoms with Crippen LogP contribution in [0.1, 0.15) is 0 Å². The van der Waals surface area contributed by atoms with Crippen LogP contribution < -0.4 is 11.1 Å². The monoisotopic (exact) mass is 364 g/mol. The molecule has 0 heterocycles. The molecular formula is C12H8BrCl3N2. The lowest BCUT2D eigenvalue weighted by Gasteiger charge is -2.11. The molecule has 2 aromatic carbocycles. The fourth-order valence-corrected chi connectivity index (χ4v) is 2.49. The van der Waals surface area contributed by atoms with Gasteiger partial charge in [-0.1, -0.05) is 34.8 Å². The summed E-state index contributed by atoms with van der Waals surface area (Å²) in [5.41, 5.74) is 7.86. The van der Waals surface area contributed by atoms with E-state index in [1.165, 1.54) is 0 Å². The molecule has 3 N–H and O–H groups in total. The van der Waals surface area contributed by atoms with E-state index in [1.54, 1.807) is 24.3 Å². The van der Waals surface area contributed by atoms with Gasteiger partial charge in [0.2, 0.25) is 0 Å². The van der Waals surface area contributed by atoms with Crippen molar-refractivity contribution in [2.45, 2.75) is 0 Å². The number of nitrogens with two attached hydrogens (primary N) is 1. The normalized spacial score (nSPS) is 10.4. The summed E-state index contributed by atoms with van der Waals surface area (Å²) >= 11 is 21.3. The summed E-state index contributed by atoms with van der Waals surface area (Å²) in [6, 6.07) is 8.71. The van der Waals surface area contributed by atoms with Crippen molar-refractivity contribution in [2.24, 2.45) is 0 Å². The van der Waals surface area contributed by atoms with E-state index in [-0.39, 0.29) is 0 Å². The maximum atomic E-state index is 6.09. The van der Waals surface area contributed by atoms with Gasteiger partial charge in [-0.05, 0) is 46.3 Å². The van der Waals surface area contributed by atoms with E-state index in [9.17, 15) is 0 Å². The zero-order valence-electron chi connectivity index (χ0n) is 8.98. The van der Waals surface area contributed by atoms with Crippen LogP contribution in [0.5, 0.6) is 0 Å². The summed E-state index contributed by atoms with van der Waals surface area (Å²) in [5, 5.41) is 4.51. The maximum absolute atomic E-state index is 6.09. The van der Waals surface area contributed by atoms with Crippen molar-refractivity contribution < 1.29 is 0 Å². The third-order valence-corrected chi connectivity index (χ3v) is 3.96. The van der Waals surface area contributed by atoms with Crippen LogP contribution >= 0.6 is 50.7 Å². The highest BCUT2D eigenvalue weighted by molar-refractivity contribution is 9.10. The predicted molar refractivity (Wildman–Crippen MR) is 83.3 cm³/mol. The quantitative estimate of drug-likeness (QED) is 0.526. The van der Waals surface area contributed by atoms with Gasteiger partial charge in [-0.2, -0.15) is 0 Å². The van der Waals surface area contributed by atoms with Crippen LogP contribution in [0.2, 0.25) is 15.1 Å². The first-order chi connectivity index (χ1) is 8.47. The van der Waals surface area contributed by atoms with Crippen molar-refractivity contribution in [1.82, 2.24) is 0 Å². The molecule has 0 atom stereocenters. The molecule has 0 bridgehead atoms. The van der Waals surface area contributed by atoms with Crippen LogP contribution in [0, 0.1) is 0 Å². The first-order valence-corrected chi connectivity index (χ1v) is 6.86. The van der Waals surface area contributed by atoms with Crippen LogP contribution in [-0.2, 0) is 0 Å². The zero-order valence-corrected chi connectivity index (χ0v) is 12.8. The highest BCUT2D eigenvalue weighted by atomic mass is 79.9. The number of nitrogens with one attached hydrogen (secondary N) is 1. The molecule has 2 rings (SSSR count). The number of hydrogen-bond donors (Lipinski definition) is 2. The fourth-order valence-electron chi connectivity index (χ4n) is 1.40. The standard InChI is InChI=1S/C12H8BrCl3N2/c13-7-3-6(17)1-2-11(7)18-12-5-9(15)8(14)4-10(12)16/h1-5,18H,17H2. The Hall–Kier alpha value is -0.610. The van der Waals surface area contributed by atoms with Gasteiger partial charge in [0.1, 0.15) is 0 Å². The molecule has 18 heavy (non-hydrogen) atoms. The molecule has 6 heteroatoms. The van der Waals surface area contributed by atoms with Gasteiger partial charge in [0.15, 0.2) is 0 Å². The molecule has 0 saturated carbocycles. The van der Waals surface area contributed by atoms with Crippen molar-refractivity contribution >= 4 is 67.8 Å². The summed E-state index contributed by atoms with van der Waals surface area (Å²) < 4.78 is 0.838. The fraction of sp³-hybridized carbons (Fsp3) is 0. The highest BCUT2D eigenvalue weighted by Gasteiger charge is 2.08. The van der Waals surface area contributed by atoms with Crippen LogP contribution in [0.25, 0.3) is 0 Å². The summed E-state index contributed by atoms with van der Waals surface area (Å²) in [6.45, 7) is 0. The lowest BCUT2D eigenvalue weighted by atomic mass is 10.2. The number of hydrogen-bond acceptors (Lipinski definition) is 2. The lowest BCUT2D eigenvalue weighted by Crippen LogP contribution is -1.94. The molecule has 2 aromatic rings. The Bertz CT molecular complexity index is 602. The minimum absolute atomic E-state index is 0.420. The molecule has 0 fully saturated rings. The van der Waals surface area contributed by atoms with Crippen LogP contribution in [0.4, 0.5) is 17.1 Å². The Balaban J connectivity index is 2.37. The number of rotatable bonds is 2. The van der Waals surface area contributed by atoms with E-state index in [4.69, 9.17) is 40.5 Å². The number of halogens is 4. The van der Waals surface area contributed by atoms with Gasteiger partial charge >= 0.3 is 0 Å². The molecule has 0 aliphatic carbocycles. The molecule has 94 valence electrons. The molecule has 0 radical (unpaired) electrons. The molecule has 2 nitrogen and oxygen atoms in total. The Morgan fingerprint density at radius 3 is 2.22 bits per heavy atom. The molecular weight excluding hydrogens is 358 g/mol. The van der Waals surface area contributed by atoms with Gasteiger partial charge in [0, 0.05) is 10.2 Å². The second-order valence-corrected chi connectivity index (χ2v) is 5.69. The Labute approximate surface area is 128 Å². The number of nitrogen functional groups attached to an aromatic ring is 1. The second-order valence-electron chi connectivity index (χ2n) is 3.61. The largest absolute Gasteiger partial charge is 0.399 e. The summed E-state index contributed by atoms with van der Waals surface area (Å²) in [6.07, 6.45) is 0. The second kappa shape index (κ2) is 5.57. The third kappa shape index (κ3) is 3.04. The average molecular weight is 366 g/mol. The minimum Gasteiger partial charge on any atom is -0.399 e.